The topological polar surface area (TPSA) is 84.5 Å². The van der Waals surface area contributed by atoms with Crippen LogP contribution in [-0.2, 0) is 19.8 Å². The minimum Gasteiger partial charge on any atom is -0.481 e. The van der Waals surface area contributed by atoms with Crippen LogP contribution < -0.4 is 15.4 Å². The van der Waals surface area contributed by atoms with Crippen LogP contribution in [0.5, 0.6) is 5.75 Å². The highest BCUT2D eigenvalue weighted by Crippen LogP contribution is 2.32. The minimum atomic E-state index is -0.641. The third kappa shape index (κ3) is 3.27. The molecule has 0 bridgehead atoms. The molecule has 1 aromatic carbocycles. The Morgan fingerprint density at radius 1 is 1.13 bits per heavy atom. The van der Waals surface area contributed by atoms with Crippen molar-refractivity contribution in [1.29, 1.82) is 0 Å². The largest absolute Gasteiger partial charge is 0.481 e. The number of imide groups is 1. The molecule has 2 saturated heterocycles. The molecule has 2 fully saturated rings. The molecule has 2 aliphatic heterocycles. The molecular weight excluding hydrogens is 296 g/mol. The predicted molar refractivity (Wildman–Crippen MR) is 83.1 cm³/mol. The first-order valence-corrected chi connectivity index (χ1v) is 7.91. The number of benzene rings is 1. The van der Waals surface area contributed by atoms with Crippen LogP contribution in [0.25, 0.3) is 0 Å². The number of ether oxygens (including phenoxy) is 1. The lowest BCUT2D eigenvalue weighted by Crippen LogP contribution is -2.46. The maximum atomic E-state index is 11.7. The predicted octanol–water partition coefficient (Wildman–Crippen LogP) is 0.691. The summed E-state index contributed by atoms with van der Waals surface area (Å²) in [6.45, 7) is 1.65. The number of piperidine rings is 2. The SMILES string of the molecule is O=CC1(c2ccc(OC3CCC(=O)NC3=O)cc2)CCNCC1. The summed E-state index contributed by atoms with van der Waals surface area (Å²) in [6.07, 6.45) is 2.64. The van der Waals surface area contributed by atoms with E-state index in [4.69, 9.17) is 4.74 Å². The Balaban J connectivity index is 1.70. The number of rotatable bonds is 4. The molecule has 0 aliphatic carbocycles. The highest BCUT2D eigenvalue weighted by molar-refractivity contribution is 5.99. The third-order valence-corrected chi connectivity index (χ3v) is 4.62. The van der Waals surface area contributed by atoms with Crippen molar-refractivity contribution >= 4 is 18.1 Å². The Morgan fingerprint density at radius 3 is 2.43 bits per heavy atom. The van der Waals surface area contributed by atoms with E-state index in [0.29, 0.717) is 12.2 Å². The van der Waals surface area contributed by atoms with Crippen LogP contribution in [0.2, 0.25) is 0 Å². The molecule has 1 atom stereocenters. The summed E-state index contributed by atoms with van der Waals surface area (Å²) in [4.78, 5) is 34.5. The van der Waals surface area contributed by atoms with Gasteiger partial charge in [0.15, 0.2) is 6.10 Å². The van der Waals surface area contributed by atoms with Gasteiger partial charge >= 0.3 is 0 Å². The molecule has 2 heterocycles. The second-order valence-electron chi connectivity index (χ2n) is 6.11. The van der Waals surface area contributed by atoms with Crippen molar-refractivity contribution in [1.82, 2.24) is 10.6 Å². The van der Waals surface area contributed by atoms with E-state index >= 15 is 0 Å². The van der Waals surface area contributed by atoms with Gasteiger partial charge in [0.2, 0.25) is 5.91 Å². The van der Waals surface area contributed by atoms with E-state index in [1.807, 2.05) is 12.1 Å². The number of hydrogen-bond acceptors (Lipinski definition) is 5. The van der Waals surface area contributed by atoms with Gasteiger partial charge in [-0.1, -0.05) is 12.1 Å². The first-order chi connectivity index (χ1) is 11.1. The van der Waals surface area contributed by atoms with E-state index in [9.17, 15) is 14.4 Å². The number of carbonyl (C=O) groups is 3. The summed E-state index contributed by atoms with van der Waals surface area (Å²) in [5, 5.41) is 5.53. The van der Waals surface area contributed by atoms with E-state index in [-0.39, 0.29) is 12.3 Å². The number of hydrogen-bond donors (Lipinski definition) is 2. The van der Waals surface area contributed by atoms with Crippen LogP contribution in [0.4, 0.5) is 0 Å². The Bertz CT molecular complexity index is 606. The quantitative estimate of drug-likeness (QED) is 0.631. The van der Waals surface area contributed by atoms with Crippen LogP contribution in [0.15, 0.2) is 24.3 Å². The van der Waals surface area contributed by atoms with Crippen molar-refractivity contribution in [2.75, 3.05) is 13.1 Å². The average Bonchev–Trinajstić information content (AvgIpc) is 2.59. The number of aldehydes is 1. The highest BCUT2D eigenvalue weighted by Gasteiger charge is 2.34. The fourth-order valence-corrected chi connectivity index (χ4v) is 3.16. The smallest absolute Gasteiger partial charge is 0.267 e. The summed E-state index contributed by atoms with van der Waals surface area (Å²) in [5.74, 6) is -0.0877. The van der Waals surface area contributed by atoms with Gasteiger partial charge in [-0.05, 0) is 43.6 Å². The maximum Gasteiger partial charge on any atom is 0.267 e. The van der Waals surface area contributed by atoms with Gasteiger partial charge in [0.1, 0.15) is 12.0 Å². The van der Waals surface area contributed by atoms with Gasteiger partial charge in [-0.25, -0.2) is 0 Å². The van der Waals surface area contributed by atoms with Gasteiger partial charge in [0.05, 0.1) is 5.41 Å². The molecule has 2 N–H and O–H groups in total. The molecule has 0 aromatic heterocycles. The summed E-state index contributed by atoms with van der Waals surface area (Å²) in [7, 11) is 0. The molecule has 1 unspecified atom stereocenters. The zero-order chi connectivity index (χ0) is 16.3. The van der Waals surface area contributed by atoms with Crippen molar-refractivity contribution < 1.29 is 19.1 Å². The Kier molecular flexibility index (Phi) is 4.43. The van der Waals surface area contributed by atoms with E-state index in [2.05, 4.69) is 10.6 Å². The van der Waals surface area contributed by atoms with Crippen LogP contribution in [0.3, 0.4) is 0 Å². The van der Waals surface area contributed by atoms with E-state index < -0.39 is 17.4 Å². The van der Waals surface area contributed by atoms with Crippen molar-refractivity contribution in [3.8, 4) is 5.75 Å². The molecule has 6 nitrogen and oxygen atoms in total. The molecule has 122 valence electrons. The summed E-state index contributed by atoms with van der Waals surface area (Å²) >= 11 is 0. The summed E-state index contributed by atoms with van der Waals surface area (Å²) in [6, 6.07) is 7.35. The molecule has 0 saturated carbocycles. The lowest BCUT2D eigenvalue weighted by molar-refractivity contribution is -0.138. The van der Waals surface area contributed by atoms with Gasteiger partial charge in [-0.15, -0.1) is 0 Å². The third-order valence-electron chi connectivity index (χ3n) is 4.62. The molecule has 2 aliphatic rings. The van der Waals surface area contributed by atoms with Crippen molar-refractivity contribution in [3.05, 3.63) is 29.8 Å². The fourth-order valence-electron chi connectivity index (χ4n) is 3.16. The normalized spacial score (nSPS) is 23.9. The zero-order valence-corrected chi connectivity index (χ0v) is 12.8. The van der Waals surface area contributed by atoms with E-state index in [0.717, 1.165) is 37.8 Å². The standard InChI is InChI=1S/C17H20N2O4/c20-11-17(7-9-18-10-8-17)12-1-3-13(4-2-12)23-14-5-6-15(21)19-16(14)22/h1-4,11,14,18H,5-10H2,(H,19,21,22). The van der Waals surface area contributed by atoms with Crippen LogP contribution in [0.1, 0.15) is 31.2 Å². The van der Waals surface area contributed by atoms with Gasteiger partial charge in [-0.2, -0.15) is 0 Å². The maximum absolute atomic E-state index is 11.7. The van der Waals surface area contributed by atoms with Crippen LogP contribution in [0, 0.1) is 0 Å². The number of carbonyl (C=O) groups excluding carboxylic acids is 3. The second-order valence-corrected chi connectivity index (χ2v) is 6.11. The fraction of sp³-hybridized carbons (Fsp3) is 0.471. The molecular formula is C17H20N2O4. The molecule has 3 rings (SSSR count). The van der Waals surface area contributed by atoms with Gasteiger partial charge in [0, 0.05) is 12.8 Å². The first-order valence-electron chi connectivity index (χ1n) is 7.91. The number of amides is 2. The highest BCUT2D eigenvalue weighted by atomic mass is 16.5. The van der Waals surface area contributed by atoms with Crippen molar-refractivity contribution in [2.45, 2.75) is 37.2 Å². The second kappa shape index (κ2) is 6.50. The van der Waals surface area contributed by atoms with E-state index in [1.54, 1.807) is 12.1 Å². The molecule has 1 aromatic rings. The molecule has 6 heteroatoms. The van der Waals surface area contributed by atoms with Crippen molar-refractivity contribution in [2.24, 2.45) is 0 Å². The minimum absolute atomic E-state index is 0.260. The lowest BCUT2D eigenvalue weighted by atomic mass is 9.74. The van der Waals surface area contributed by atoms with E-state index in [1.165, 1.54) is 0 Å². The monoisotopic (exact) mass is 316 g/mol. The molecule has 23 heavy (non-hydrogen) atoms. The molecule has 2 amide bonds. The van der Waals surface area contributed by atoms with Crippen LogP contribution in [-0.4, -0.2) is 37.3 Å². The van der Waals surface area contributed by atoms with Crippen molar-refractivity contribution in [3.63, 3.8) is 0 Å². The average molecular weight is 316 g/mol. The Labute approximate surface area is 134 Å². The molecule has 0 radical (unpaired) electrons. The van der Waals surface area contributed by atoms with Gasteiger partial charge in [-0.3, -0.25) is 14.9 Å². The molecule has 0 spiro atoms. The van der Waals surface area contributed by atoms with Gasteiger partial charge in [0.25, 0.3) is 5.91 Å². The summed E-state index contributed by atoms with van der Waals surface area (Å²) in [5.41, 5.74) is 0.544. The Morgan fingerprint density at radius 2 is 1.83 bits per heavy atom. The number of nitrogens with one attached hydrogen (secondary N) is 2. The Hall–Kier alpha value is -2.21. The van der Waals surface area contributed by atoms with Gasteiger partial charge < -0.3 is 14.8 Å². The lowest BCUT2D eigenvalue weighted by Gasteiger charge is -2.33. The zero-order valence-electron chi connectivity index (χ0n) is 12.8. The first kappa shape index (κ1) is 15.7. The van der Waals surface area contributed by atoms with Crippen LogP contribution >= 0.6 is 0 Å². The summed E-state index contributed by atoms with van der Waals surface area (Å²) < 4.78 is 5.66.